The number of likely N-dealkylation sites (tertiary alicyclic amines) is 1. The fraction of sp³-hybridized carbons (Fsp3) is 0.261. The van der Waals surface area contributed by atoms with Gasteiger partial charge in [0, 0.05) is 24.6 Å². The maximum atomic E-state index is 12.7. The number of hydrogen-bond donors (Lipinski definition) is 1. The highest BCUT2D eigenvalue weighted by Gasteiger charge is 2.31. The predicted molar refractivity (Wildman–Crippen MR) is 104 cm³/mol. The van der Waals surface area contributed by atoms with Gasteiger partial charge in [0.25, 0.3) is 5.91 Å². The average Bonchev–Trinajstić information content (AvgIpc) is 2.67. The molecule has 3 aromatic carbocycles. The Morgan fingerprint density at radius 1 is 1.00 bits per heavy atom. The first-order valence-electron chi connectivity index (χ1n) is 9.14. The van der Waals surface area contributed by atoms with Crippen LogP contribution in [0.4, 0.5) is 0 Å². The molecule has 2 atom stereocenters. The summed E-state index contributed by atoms with van der Waals surface area (Å²) in [6.45, 7) is 3.05. The number of rotatable bonds is 2. The molecule has 0 aliphatic carbocycles. The van der Waals surface area contributed by atoms with Gasteiger partial charge in [0.2, 0.25) is 0 Å². The molecule has 4 rings (SSSR count). The maximum absolute atomic E-state index is 12.7. The standard InChI is InChI=1S/C23H23NO2/c1-16-6-8-18(9-7-16)23(26)24-13-12-21(22(25)15-24)20-11-10-17-4-2-3-5-19(17)14-20/h2-11,14,21-22,25H,12-13,15H2,1H3/t21-,22+/m1/s1. The Kier molecular flexibility index (Phi) is 4.48. The summed E-state index contributed by atoms with van der Waals surface area (Å²) in [5, 5.41) is 13.1. The summed E-state index contributed by atoms with van der Waals surface area (Å²) < 4.78 is 0. The number of aliphatic hydroxyl groups is 1. The average molecular weight is 345 g/mol. The molecule has 0 spiro atoms. The van der Waals surface area contributed by atoms with E-state index in [1.54, 1.807) is 4.90 Å². The molecule has 0 radical (unpaired) electrons. The van der Waals surface area contributed by atoms with Gasteiger partial charge >= 0.3 is 0 Å². The molecule has 1 aliphatic rings. The van der Waals surface area contributed by atoms with Gasteiger partial charge < -0.3 is 10.0 Å². The van der Waals surface area contributed by atoms with Crippen molar-refractivity contribution in [1.29, 1.82) is 0 Å². The summed E-state index contributed by atoms with van der Waals surface area (Å²) in [4.78, 5) is 14.5. The molecule has 26 heavy (non-hydrogen) atoms. The summed E-state index contributed by atoms with van der Waals surface area (Å²) in [5.41, 5.74) is 2.97. The van der Waals surface area contributed by atoms with Crippen molar-refractivity contribution >= 4 is 16.7 Å². The van der Waals surface area contributed by atoms with Gasteiger partial charge in [-0.25, -0.2) is 0 Å². The first-order valence-corrected chi connectivity index (χ1v) is 9.14. The Morgan fingerprint density at radius 3 is 2.46 bits per heavy atom. The fourth-order valence-electron chi connectivity index (χ4n) is 3.82. The second-order valence-corrected chi connectivity index (χ2v) is 7.19. The van der Waals surface area contributed by atoms with Crippen LogP contribution in [0.5, 0.6) is 0 Å². The Balaban J connectivity index is 1.50. The molecular weight excluding hydrogens is 322 g/mol. The number of carbonyl (C=O) groups excluding carboxylic acids is 1. The zero-order valence-corrected chi connectivity index (χ0v) is 14.9. The highest BCUT2D eigenvalue weighted by atomic mass is 16.3. The maximum Gasteiger partial charge on any atom is 0.253 e. The number of β-amino-alcohol motifs (C(OH)–C–C–N with tert-alkyl or cyclic N) is 1. The molecule has 1 fully saturated rings. The molecular formula is C23H23NO2. The molecule has 1 aliphatic heterocycles. The first kappa shape index (κ1) is 16.8. The van der Waals surface area contributed by atoms with E-state index in [9.17, 15) is 9.90 Å². The van der Waals surface area contributed by atoms with E-state index >= 15 is 0 Å². The van der Waals surface area contributed by atoms with Crippen molar-refractivity contribution < 1.29 is 9.90 Å². The second kappa shape index (κ2) is 6.93. The minimum atomic E-state index is -0.542. The Bertz CT molecular complexity index is 932. The summed E-state index contributed by atoms with van der Waals surface area (Å²) >= 11 is 0. The minimum Gasteiger partial charge on any atom is -0.391 e. The lowest BCUT2D eigenvalue weighted by atomic mass is 9.86. The van der Waals surface area contributed by atoms with Crippen LogP contribution in [0.15, 0.2) is 66.7 Å². The van der Waals surface area contributed by atoms with E-state index < -0.39 is 6.10 Å². The van der Waals surface area contributed by atoms with Crippen molar-refractivity contribution in [1.82, 2.24) is 4.90 Å². The SMILES string of the molecule is Cc1ccc(C(=O)N2CC[C@H](c3ccc4ccccc4c3)[C@@H](O)C2)cc1. The van der Waals surface area contributed by atoms with E-state index in [0.29, 0.717) is 18.7 Å². The van der Waals surface area contributed by atoms with Crippen LogP contribution in [-0.4, -0.2) is 35.1 Å². The van der Waals surface area contributed by atoms with Crippen LogP contribution in [0, 0.1) is 6.92 Å². The number of nitrogens with zero attached hydrogens (tertiary/aromatic N) is 1. The van der Waals surface area contributed by atoms with Crippen molar-refractivity contribution in [3.63, 3.8) is 0 Å². The van der Waals surface area contributed by atoms with E-state index in [1.807, 2.05) is 43.3 Å². The van der Waals surface area contributed by atoms with Gasteiger partial charge in [0.05, 0.1) is 6.10 Å². The lowest BCUT2D eigenvalue weighted by Crippen LogP contribution is -2.45. The van der Waals surface area contributed by atoms with Crippen LogP contribution in [-0.2, 0) is 0 Å². The van der Waals surface area contributed by atoms with Crippen LogP contribution in [0.1, 0.15) is 33.8 Å². The summed E-state index contributed by atoms with van der Waals surface area (Å²) in [6.07, 6.45) is 0.233. The highest BCUT2D eigenvalue weighted by Crippen LogP contribution is 2.31. The molecule has 1 N–H and O–H groups in total. The number of benzene rings is 3. The number of carbonyl (C=O) groups is 1. The van der Waals surface area contributed by atoms with Gasteiger partial charge in [-0.1, -0.05) is 60.2 Å². The molecule has 0 saturated carbocycles. The van der Waals surface area contributed by atoms with Crippen molar-refractivity contribution in [2.75, 3.05) is 13.1 Å². The van der Waals surface area contributed by atoms with Crippen LogP contribution in [0.2, 0.25) is 0 Å². The second-order valence-electron chi connectivity index (χ2n) is 7.19. The first-order chi connectivity index (χ1) is 12.6. The quantitative estimate of drug-likeness (QED) is 0.758. The third-order valence-corrected chi connectivity index (χ3v) is 5.37. The zero-order chi connectivity index (χ0) is 18.1. The van der Waals surface area contributed by atoms with Gasteiger partial charge in [-0.2, -0.15) is 0 Å². The van der Waals surface area contributed by atoms with Crippen LogP contribution in [0.3, 0.4) is 0 Å². The van der Waals surface area contributed by atoms with Crippen molar-refractivity contribution in [3.05, 3.63) is 83.4 Å². The van der Waals surface area contributed by atoms with E-state index in [-0.39, 0.29) is 11.8 Å². The number of amides is 1. The van der Waals surface area contributed by atoms with Crippen LogP contribution >= 0.6 is 0 Å². The van der Waals surface area contributed by atoms with E-state index in [1.165, 1.54) is 10.8 Å². The normalized spacial score (nSPS) is 20.3. The molecule has 0 bridgehead atoms. The smallest absolute Gasteiger partial charge is 0.253 e. The Labute approximate surface area is 153 Å². The molecule has 1 heterocycles. The number of piperidine rings is 1. The van der Waals surface area contributed by atoms with Gasteiger partial charge in [0.1, 0.15) is 0 Å². The van der Waals surface area contributed by atoms with Crippen molar-refractivity contribution in [3.8, 4) is 0 Å². The monoisotopic (exact) mass is 345 g/mol. The molecule has 3 nitrogen and oxygen atoms in total. The Hall–Kier alpha value is -2.65. The summed E-state index contributed by atoms with van der Waals surface area (Å²) in [7, 11) is 0. The molecule has 0 aromatic heterocycles. The number of fused-ring (bicyclic) bond motifs is 1. The number of hydrogen-bond acceptors (Lipinski definition) is 2. The number of aryl methyl sites for hydroxylation is 1. The van der Waals surface area contributed by atoms with E-state index in [4.69, 9.17) is 0 Å². The molecule has 1 amide bonds. The lowest BCUT2D eigenvalue weighted by molar-refractivity contribution is 0.0382. The van der Waals surface area contributed by atoms with Crippen LogP contribution < -0.4 is 0 Å². The molecule has 0 unspecified atom stereocenters. The van der Waals surface area contributed by atoms with Gasteiger partial charge in [0.15, 0.2) is 0 Å². The third kappa shape index (κ3) is 3.23. The van der Waals surface area contributed by atoms with E-state index in [2.05, 4.69) is 30.3 Å². The van der Waals surface area contributed by atoms with Crippen molar-refractivity contribution in [2.24, 2.45) is 0 Å². The van der Waals surface area contributed by atoms with E-state index in [0.717, 1.165) is 17.5 Å². The third-order valence-electron chi connectivity index (χ3n) is 5.37. The Morgan fingerprint density at radius 2 is 1.73 bits per heavy atom. The zero-order valence-electron chi connectivity index (χ0n) is 14.9. The lowest BCUT2D eigenvalue weighted by Gasteiger charge is -2.36. The minimum absolute atomic E-state index is 0.000937. The number of aliphatic hydroxyl groups excluding tert-OH is 1. The molecule has 1 saturated heterocycles. The van der Waals surface area contributed by atoms with Gasteiger partial charge in [-0.3, -0.25) is 4.79 Å². The fourth-order valence-corrected chi connectivity index (χ4v) is 3.82. The summed E-state index contributed by atoms with van der Waals surface area (Å²) in [6, 6.07) is 22.3. The van der Waals surface area contributed by atoms with Gasteiger partial charge in [-0.15, -0.1) is 0 Å². The molecule has 3 aromatic rings. The molecule has 132 valence electrons. The predicted octanol–water partition coefficient (Wildman–Crippen LogP) is 4.14. The summed E-state index contributed by atoms with van der Waals surface area (Å²) in [5.74, 6) is 0.0719. The van der Waals surface area contributed by atoms with Gasteiger partial charge in [-0.05, 0) is 41.8 Å². The largest absolute Gasteiger partial charge is 0.391 e. The van der Waals surface area contributed by atoms with Crippen LogP contribution in [0.25, 0.3) is 10.8 Å². The molecule has 3 heteroatoms. The topological polar surface area (TPSA) is 40.5 Å². The highest BCUT2D eigenvalue weighted by molar-refractivity contribution is 5.94. The van der Waals surface area contributed by atoms with Crippen molar-refractivity contribution in [2.45, 2.75) is 25.4 Å².